The maximum Gasteiger partial charge on any atom is 0.191 e. The first kappa shape index (κ1) is 17.1. The number of para-hydroxylation sites is 1. The van der Waals surface area contributed by atoms with Crippen molar-refractivity contribution >= 4 is 40.8 Å². The fourth-order valence-corrected chi connectivity index (χ4v) is 2.66. The molecule has 0 saturated carbocycles. The summed E-state index contributed by atoms with van der Waals surface area (Å²) >= 11 is 0. The van der Waals surface area contributed by atoms with Crippen molar-refractivity contribution in [1.29, 1.82) is 0 Å². The smallest absolute Gasteiger partial charge is 0.191 e. The molecule has 0 atom stereocenters. The number of hydrogen-bond acceptors (Lipinski definition) is 2. The average Bonchev–Trinajstić information content (AvgIpc) is 2.95. The van der Waals surface area contributed by atoms with Crippen LogP contribution in [0.3, 0.4) is 0 Å². The van der Waals surface area contributed by atoms with Crippen LogP contribution in [-0.4, -0.2) is 48.3 Å². The number of guanidine groups is 1. The molecule has 0 spiro atoms. The number of nitrogens with two attached hydrogens (primary N) is 1. The van der Waals surface area contributed by atoms with Gasteiger partial charge in [-0.1, -0.05) is 18.2 Å². The maximum atomic E-state index is 6.01. The summed E-state index contributed by atoms with van der Waals surface area (Å²) < 4.78 is 7.58. The predicted molar refractivity (Wildman–Crippen MR) is 101 cm³/mol. The van der Waals surface area contributed by atoms with Crippen LogP contribution in [0, 0.1) is 0 Å². The molecule has 3 rings (SSSR count). The molecule has 1 aromatic heterocycles. The van der Waals surface area contributed by atoms with E-state index in [1.54, 1.807) is 0 Å². The summed E-state index contributed by atoms with van der Waals surface area (Å²) in [7, 11) is 0. The van der Waals surface area contributed by atoms with Gasteiger partial charge in [-0.25, -0.2) is 0 Å². The van der Waals surface area contributed by atoms with Crippen LogP contribution in [0.4, 0.5) is 0 Å². The number of ether oxygens (including phenoxy) is 1. The number of aliphatic imine (C=N–C) groups is 1. The molecule has 2 N–H and O–H groups in total. The molecule has 0 bridgehead atoms. The van der Waals surface area contributed by atoms with Crippen molar-refractivity contribution in [3.05, 3.63) is 36.5 Å². The summed E-state index contributed by atoms with van der Waals surface area (Å²) in [5, 5.41) is 1.29. The fraction of sp³-hybridized carbons (Fsp3) is 0.438. The van der Waals surface area contributed by atoms with Gasteiger partial charge in [-0.2, -0.15) is 0 Å². The van der Waals surface area contributed by atoms with E-state index >= 15 is 0 Å². The first-order chi connectivity index (χ1) is 10.3. The Morgan fingerprint density at radius 2 is 1.95 bits per heavy atom. The van der Waals surface area contributed by atoms with Crippen LogP contribution < -0.4 is 5.73 Å². The third-order valence-corrected chi connectivity index (χ3v) is 3.85. The number of halogens is 1. The Bertz CT molecular complexity index is 619. The number of fused-ring (bicyclic) bond motifs is 1. The van der Waals surface area contributed by atoms with E-state index < -0.39 is 0 Å². The number of aryl methyl sites for hydroxylation is 1. The van der Waals surface area contributed by atoms with E-state index in [0.717, 1.165) is 45.8 Å². The van der Waals surface area contributed by atoms with Gasteiger partial charge in [-0.15, -0.1) is 24.0 Å². The average molecular weight is 414 g/mol. The summed E-state index contributed by atoms with van der Waals surface area (Å²) in [5.41, 5.74) is 7.29. The Balaban J connectivity index is 0.00000176. The Morgan fingerprint density at radius 3 is 2.77 bits per heavy atom. The minimum atomic E-state index is 0. The third kappa shape index (κ3) is 4.13. The second-order valence-corrected chi connectivity index (χ2v) is 5.26. The molecule has 6 heteroatoms. The molecule has 0 radical (unpaired) electrons. The zero-order valence-electron chi connectivity index (χ0n) is 12.6. The Morgan fingerprint density at radius 1 is 1.18 bits per heavy atom. The Kier molecular flexibility index (Phi) is 6.50. The lowest BCUT2D eigenvalue weighted by Gasteiger charge is -2.27. The zero-order chi connectivity index (χ0) is 14.5. The summed E-state index contributed by atoms with van der Waals surface area (Å²) in [6, 6.07) is 10.6. The molecule has 0 unspecified atom stereocenters. The van der Waals surface area contributed by atoms with Gasteiger partial charge in [0.2, 0.25) is 0 Å². The summed E-state index contributed by atoms with van der Waals surface area (Å²) in [5.74, 6) is 0.649. The highest BCUT2D eigenvalue weighted by Crippen LogP contribution is 2.15. The molecule has 22 heavy (non-hydrogen) atoms. The quantitative estimate of drug-likeness (QED) is 0.362. The lowest BCUT2D eigenvalue weighted by Crippen LogP contribution is -2.44. The van der Waals surface area contributed by atoms with Crippen molar-refractivity contribution in [2.45, 2.75) is 13.0 Å². The van der Waals surface area contributed by atoms with Crippen molar-refractivity contribution < 1.29 is 4.74 Å². The third-order valence-electron chi connectivity index (χ3n) is 3.85. The molecule has 1 aromatic carbocycles. The van der Waals surface area contributed by atoms with Gasteiger partial charge in [0.15, 0.2) is 5.96 Å². The van der Waals surface area contributed by atoms with Crippen molar-refractivity contribution in [1.82, 2.24) is 9.47 Å². The fourth-order valence-electron chi connectivity index (χ4n) is 2.66. The van der Waals surface area contributed by atoms with Crippen LogP contribution in [0.25, 0.3) is 10.9 Å². The van der Waals surface area contributed by atoms with Gasteiger partial charge in [-0.05, 0) is 23.9 Å². The van der Waals surface area contributed by atoms with Gasteiger partial charge < -0.3 is 19.9 Å². The van der Waals surface area contributed by atoms with Gasteiger partial charge in [0.1, 0.15) is 0 Å². The normalized spacial score (nSPS) is 15.8. The van der Waals surface area contributed by atoms with Crippen molar-refractivity contribution in [3.8, 4) is 0 Å². The summed E-state index contributed by atoms with van der Waals surface area (Å²) in [4.78, 5) is 6.57. The van der Waals surface area contributed by atoms with E-state index in [0.29, 0.717) is 5.96 Å². The van der Waals surface area contributed by atoms with E-state index in [-0.39, 0.29) is 24.0 Å². The Hall–Kier alpha value is -1.28. The predicted octanol–water partition coefficient (Wildman–Crippen LogP) is 2.30. The minimum absolute atomic E-state index is 0. The first-order valence-electron chi connectivity index (χ1n) is 7.51. The molecule has 2 heterocycles. The van der Waals surface area contributed by atoms with Crippen LogP contribution in [-0.2, 0) is 11.3 Å². The number of rotatable bonds is 4. The monoisotopic (exact) mass is 414 g/mol. The highest BCUT2D eigenvalue weighted by Gasteiger charge is 2.11. The SMILES string of the molecule is I.NC(=NCCCn1ccc2ccccc21)N1CCOCC1. The largest absolute Gasteiger partial charge is 0.378 e. The van der Waals surface area contributed by atoms with Gasteiger partial charge in [0.25, 0.3) is 0 Å². The highest BCUT2D eigenvalue weighted by atomic mass is 127. The highest BCUT2D eigenvalue weighted by molar-refractivity contribution is 14.0. The van der Waals surface area contributed by atoms with Gasteiger partial charge in [-0.3, -0.25) is 4.99 Å². The minimum Gasteiger partial charge on any atom is -0.378 e. The van der Waals surface area contributed by atoms with E-state index in [2.05, 4.69) is 51.0 Å². The summed E-state index contributed by atoms with van der Waals surface area (Å²) in [6.45, 7) is 4.90. The molecule has 1 fully saturated rings. The van der Waals surface area contributed by atoms with Crippen LogP contribution >= 0.6 is 24.0 Å². The number of aromatic nitrogens is 1. The molecule has 2 aromatic rings. The molecular formula is C16H23IN4O. The zero-order valence-corrected chi connectivity index (χ0v) is 15.0. The van der Waals surface area contributed by atoms with Crippen LogP contribution in [0.15, 0.2) is 41.5 Å². The van der Waals surface area contributed by atoms with Crippen molar-refractivity contribution in [2.24, 2.45) is 10.7 Å². The lowest BCUT2D eigenvalue weighted by atomic mass is 10.2. The van der Waals surface area contributed by atoms with E-state index in [1.807, 2.05) is 0 Å². The number of morpholine rings is 1. The molecule has 5 nitrogen and oxygen atoms in total. The molecule has 0 amide bonds. The van der Waals surface area contributed by atoms with Crippen molar-refractivity contribution in [2.75, 3.05) is 32.8 Å². The van der Waals surface area contributed by atoms with Crippen LogP contribution in [0.5, 0.6) is 0 Å². The lowest BCUT2D eigenvalue weighted by molar-refractivity contribution is 0.0674. The molecule has 0 aliphatic carbocycles. The molecule has 120 valence electrons. The maximum absolute atomic E-state index is 6.01. The van der Waals surface area contributed by atoms with Crippen LogP contribution in [0.1, 0.15) is 6.42 Å². The van der Waals surface area contributed by atoms with Gasteiger partial charge in [0, 0.05) is 37.9 Å². The number of nitrogens with zero attached hydrogens (tertiary/aromatic N) is 3. The van der Waals surface area contributed by atoms with E-state index in [9.17, 15) is 0 Å². The number of benzene rings is 1. The molecule has 1 aliphatic rings. The topological polar surface area (TPSA) is 55.8 Å². The molecule has 1 saturated heterocycles. The molecule has 1 aliphatic heterocycles. The van der Waals surface area contributed by atoms with Crippen LogP contribution in [0.2, 0.25) is 0 Å². The van der Waals surface area contributed by atoms with Crippen molar-refractivity contribution in [3.63, 3.8) is 0 Å². The summed E-state index contributed by atoms with van der Waals surface area (Å²) in [6.07, 6.45) is 3.13. The number of hydrogen-bond donors (Lipinski definition) is 1. The van der Waals surface area contributed by atoms with E-state index in [1.165, 1.54) is 10.9 Å². The molecular weight excluding hydrogens is 391 g/mol. The Labute approximate surface area is 148 Å². The van der Waals surface area contributed by atoms with Gasteiger partial charge >= 0.3 is 0 Å². The van der Waals surface area contributed by atoms with E-state index in [4.69, 9.17) is 10.5 Å². The van der Waals surface area contributed by atoms with Gasteiger partial charge in [0.05, 0.1) is 13.2 Å². The standard InChI is InChI=1S/C16H22N4O.HI/c17-16(20-10-12-21-13-11-20)18-7-3-8-19-9-6-14-4-1-2-5-15(14)19;/h1-2,4-6,9H,3,7-8,10-13H2,(H2,17,18);1H. The second kappa shape index (κ2) is 8.38. The second-order valence-electron chi connectivity index (χ2n) is 5.26. The first-order valence-corrected chi connectivity index (χ1v) is 7.51.